The first-order valence-corrected chi connectivity index (χ1v) is 12.1. The fraction of sp³-hybridized carbons (Fsp3) is 0.423. The zero-order valence-corrected chi connectivity index (χ0v) is 20.2. The zero-order valence-electron chi connectivity index (χ0n) is 19.4. The van der Waals surface area contributed by atoms with Crippen LogP contribution in [0.25, 0.3) is 10.2 Å². The second-order valence-electron chi connectivity index (χ2n) is 9.97. The van der Waals surface area contributed by atoms with E-state index in [0.717, 1.165) is 43.1 Å². The molecule has 3 aromatic rings. The first-order chi connectivity index (χ1) is 15.6. The third-order valence-corrected chi connectivity index (χ3v) is 7.35. The number of aliphatic carboxylic acids is 1. The maximum absolute atomic E-state index is 13.3. The van der Waals surface area contributed by atoms with E-state index in [-0.39, 0.29) is 18.6 Å². The number of carboxylic acids is 1. The lowest BCUT2D eigenvalue weighted by Crippen LogP contribution is -2.39. The van der Waals surface area contributed by atoms with Gasteiger partial charge in [0.15, 0.2) is 0 Å². The van der Waals surface area contributed by atoms with Gasteiger partial charge in [-0.05, 0) is 36.1 Å². The van der Waals surface area contributed by atoms with Gasteiger partial charge in [-0.3, -0.25) is 4.79 Å². The summed E-state index contributed by atoms with van der Waals surface area (Å²) in [6.07, 6.45) is 1.46. The van der Waals surface area contributed by atoms with Crippen molar-refractivity contribution in [3.05, 3.63) is 58.6 Å². The predicted octanol–water partition coefficient (Wildman–Crippen LogP) is 2.81. The molecule has 33 heavy (non-hydrogen) atoms. The first kappa shape index (κ1) is 23.4. The Bertz CT molecular complexity index is 1150. The van der Waals surface area contributed by atoms with Crippen molar-refractivity contribution in [2.75, 3.05) is 34.3 Å². The number of carboxylic acid groups (broad SMARTS) is 1. The fourth-order valence-corrected chi connectivity index (χ4v) is 5.41. The Balaban J connectivity index is 1.42. The number of carbonyl (C=O) groups excluding carboxylic acids is 2. The van der Waals surface area contributed by atoms with E-state index in [1.165, 1.54) is 0 Å². The van der Waals surface area contributed by atoms with Crippen LogP contribution in [-0.2, 0) is 28.9 Å². The summed E-state index contributed by atoms with van der Waals surface area (Å²) < 4.78 is 7.76. The number of Topliss-reactive ketones (excluding diaryl/α,β-unsaturated/α-hetero) is 1. The molecular formula is C26H30N2O4S. The number of carbonyl (C=O) groups is 2. The molecule has 1 aliphatic carbocycles. The molecule has 0 atom stereocenters. The van der Waals surface area contributed by atoms with Gasteiger partial charge in [0, 0.05) is 36.7 Å². The Labute approximate surface area is 198 Å². The van der Waals surface area contributed by atoms with Crippen LogP contribution in [0.4, 0.5) is 0 Å². The van der Waals surface area contributed by atoms with E-state index in [1.807, 2.05) is 42.5 Å². The lowest BCUT2D eigenvalue weighted by Gasteiger charge is -2.28. The topological polar surface area (TPSA) is 79.3 Å². The number of quaternary nitrogens is 1. The molecule has 0 saturated heterocycles. The highest BCUT2D eigenvalue weighted by molar-refractivity contribution is 7.18. The van der Waals surface area contributed by atoms with E-state index in [9.17, 15) is 14.7 Å². The van der Waals surface area contributed by atoms with Gasteiger partial charge in [0.2, 0.25) is 0 Å². The number of aromatic nitrogens is 1. The van der Waals surface area contributed by atoms with Crippen LogP contribution in [0, 0.1) is 5.41 Å². The molecule has 1 heterocycles. The number of fused-ring (bicyclic) bond motifs is 2. The highest BCUT2D eigenvalue weighted by Crippen LogP contribution is 2.41. The smallest absolute Gasteiger partial charge is 0.140 e. The Kier molecular flexibility index (Phi) is 6.54. The Hall–Kier alpha value is -2.77. The fourth-order valence-electron chi connectivity index (χ4n) is 4.47. The van der Waals surface area contributed by atoms with E-state index in [4.69, 9.17) is 9.72 Å². The molecule has 2 aromatic carbocycles. The van der Waals surface area contributed by atoms with Crippen LogP contribution < -0.4 is 9.84 Å². The molecule has 0 saturated carbocycles. The molecule has 0 unspecified atom stereocenters. The van der Waals surface area contributed by atoms with Crippen molar-refractivity contribution >= 4 is 33.3 Å². The van der Waals surface area contributed by atoms with Gasteiger partial charge >= 0.3 is 0 Å². The maximum Gasteiger partial charge on any atom is 0.140 e. The quantitative estimate of drug-likeness (QED) is 0.429. The van der Waals surface area contributed by atoms with Crippen LogP contribution in [0.1, 0.15) is 29.0 Å². The van der Waals surface area contributed by atoms with Gasteiger partial charge in [0.1, 0.15) is 24.7 Å². The highest BCUT2D eigenvalue weighted by Gasteiger charge is 2.42. The average Bonchev–Trinajstić information content (AvgIpc) is 3.31. The van der Waals surface area contributed by atoms with Gasteiger partial charge in [-0.15, -0.1) is 11.3 Å². The summed E-state index contributed by atoms with van der Waals surface area (Å²) in [7, 11) is 6.38. The normalized spacial score (nSPS) is 14.9. The van der Waals surface area contributed by atoms with E-state index in [1.54, 1.807) is 11.3 Å². The van der Waals surface area contributed by atoms with Crippen molar-refractivity contribution in [3.8, 4) is 5.75 Å². The lowest BCUT2D eigenvalue weighted by atomic mass is 9.76. The average molecular weight is 467 g/mol. The van der Waals surface area contributed by atoms with Gasteiger partial charge in [0.25, 0.3) is 0 Å². The van der Waals surface area contributed by atoms with Crippen molar-refractivity contribution in [2.24, 2.45) is 5.41 Å². The number of ether oxygens (including phenoxy) is 1. The van der Waals surface area contributed by atoms with E-state index < -0.39 is 11.4 Å². The van der Waals surface area contributed by atoms with Crippen molar-refractivity contribution < 1.29 is 23.9 Å². The molecule has 0 fully saturated rings. The number of nitrogens with zero attached hydrogens (tertiary/aromatic N) is 2. The molecule has 1 aliphatic rings. The number of ketones is 1. The summed E-state index contributed by atoms with van der Waals surface area (Å²) in [6.45, 7) is 1.53. The number of hydrogen-bond acceptors (Lipinski definition) is 6. The van der Waals surface area contributed by atoms with Crippen molar-refractivity contribution in [1.29, 1.82) is 0 Å². The third kappa shape index (κ3) is 5.60. The van der Waals surface area contributed by atoms with Crippen LogP contribution in [0.15, 0.2) is 42.5 Å². The highest BCUT2D eigenvalue weighted by atomic mass is 32.1. The van der Waals surface area contributed by atoms with Crippen LogP contribution in [-0.4, -0.2) is 55.5 Å². The lowest BCUT2D eigenvalue weighted by molar-refractivity contribution is -0.870. The minimum Gasteiger partial charge on any atom is -0.550 e. The van der Waals surface area contributed by atoms with Gasteiger partial charge in [-0.25, -0.2) is 4.98 Å². The Morgan fingerprint density at radius 1 is 1.12 bits per heavy atom. The van der Waals surface area contributed by atoms with Crippen molar-refractivity contribution in [3.63, 3.8) is 0 Å². The maximum atomic E-state index is 13.3. The second kappa shape index (κ2) is 9.23. The number of likely N-dealkylation sites (N-methyl/N-ethyl adjacent to an activating group) is 1. The number of thiazole rings is 1. The van der Waals surface area contributed by atoms with Crippen molar-refractivity contribution in [2.45, 2.75) is 32.1 Å². The first-order valence-electron chi connectivity index (χ1n) is 11.3. The van der Waals surface area contributed by atoms with Gasteiger partial charge in [-0.1, -0.05) is 24.3 Å². The van der Waals surface area contributed by atoms with Gasteiger partial charge in [-0.2, -0.15) is 0 Å². The van der Waals surface area contributed by atoms with E-state index in [2.05, 4.69) is 21.1 Å². The summed E-state index contributed by atoms with van der Waals surface area (Å²) in [6, 6.07) is 13.7. The standard InChI is InChI=1S/C26H30N2O4S/c1-28(2,3)12-13-32-20-8-9-22-21(14-20)27-24(33-22)11-10-23(29)26(17-25(30)31)15-18-6-4-5-7-19(18)16-26/h4-9,14H,10-13,15-17H2,1-3H3. The molecule has 174 valence electrons. The summed E-state index contributed by atoms with van der Waals surface area (Å²) in [5.41, 5.74) is 2.07. The van der Waals surface area contributed by atoms with Crippen LogP contribution in [0.5, 0.6) is 5.75 Å². The summed E-state index contributed by atoms with van der Waals surface area (Å²) in [4.78, 5) is 29.5. The molecule has 7 heteroatoms. The van der Waals surface area contributed by atoms with Crippen molar-refractivity contribution in [1.82, 2.24) is 4.98 Å². The molecule has 6 nitrogen and oxygen atoms in total. The molecule has 0 radical (unpaired) electrons. The molecular weight excluding hydrogens is 436 g/mol. The second-order valence-corrected chi connectivity index (χ2v) is 11.1. The van der Waals surface area contributed by atoms with E-state index >= 15 is 0 Å². The minimum absolute atomic E-state index is 0.0218. The molecule has 4 rings (SSSR count). The molecule has 0 amide bonds. The summed E-state index contributed by atoms with van der Waals surface area (Å²) >= 11 is 1.57. The molecule has 0 bridgehead atoms. The number of aryl methyl sites for hydroxylation is 1. The number of benzene rings is 2. The molecule has 0 N–H and O–H groups in total. The number of rotatable bonds is 10. The predicted molar refractivity (Wildman–Crippen MR) is 127 cm³/mol. The Morgan fingerprint density at radius 3 is 2.45 bits per heavy atom. The van der Waals surface area contributed by atoms with Crippen LogP contribution >= 0.6 is 11.3 Å². The Morgan fingerprint density at radius 2 is 1.82 bits per heavy atom. The molecule has 0 aliphatic heterocycles. The monoisotopic (exact) mass is 466 g/mol. The molecule has 0 spiro atoms. The molecule has 1 aromatic heterocycles. The zero-order chi connectivity index (χ0) is 23.6. The summed E-state index contributed by atoms with van der Waals surface area (Å²) in [5, 5.41) is 12.4. The minimum atomic E-state index is -1.17. The largest absolute Gasteiger partial charge is 0.550 e. The SMILES string of the molecule is C[N+](C)(C)CCOc1ccc2sc(CCC(=O)C3(CC(=O)[O-])Cc4ccccc4C3)nc2c1. The van der Waals surface area contributed by atoms with Crippen LogP contribution in [0.3, 0.4) is 0 Å². The van der Waals surface area contributed by atoms with Crippen LogP contribution in [0.2, 0.25) is 0 Å². The number of hydrogen-bond donors (Lipinski definition) is 0. The van der Waals surface area contributed by atoms with E-state index in [0.29, 0.717) is 25.9 Å². The van der Waals surface area contributed by atoms with Gasteiger partial charge in [0.05, 0.1) is 36.4 Å². The van der Waals surface area contributed by atoms with Gasteiger partial charge < -0.3 is 19.1 Å². The summed E-state index contributed by atoms with van der Waals surface area (Å²) in [5.74, 6) is -0.402. The third-order valence-electron chi connectivity index (χ3n) is 6.25.